The van der Waals surface area contributed by atoms with E-state index in [0.29, 0.717) is 25.4 Å². The van der Waals surface area contributed by atoms with Crippen LogP contribution in [0.4, 0.5) is 9.18 Å². The van der Waals surface area contributed by atoms with Gasteiger partial charge in [0.1, 0.15) is 5.82 Å². The maximum Gasteiger partial charge on any atom is 0.338 e. The number of hydrogen-bond donors (Lipinski definition) is 1. The summed E-state index contributed by atoms with van der Waals surface area (Å²) in [6, 6.07) is 4.62. The lowest BCUT2D eigenvalue weighted by Gasteiger charge is -2.38. The first-order valence-corrected chi connectivity index (χ1v) is 10.9. The number of urea groups is 1. The fraction of sp³-hybridized carbons (Fsp3) is 0.522. The highest BCUT2D eigenvalue weighted by Gasteiger charge is 2.39. The van der Waals surface area contributed by atoms with Crippen molar-refractivity contribution in [3.8, 4) is 0 Å². The van der Waals surface area contributed by atoms with Crippen LogP contribution in [0.3, 0.4) is 0 Å². The van der Waals surface area contributed by atoms with Crippen LogP contribution in [0.15, 0.2) is 35.5 Å². The molecule has 9 heteroatoms. The molecule has 3 rings (SSSR count). The van der Waals surface area contributed by atoms with Gasteiger partial charge in [-0.15, -0.1) is 0 Å². The maximum absolute atomic E-state index is 14.6. The summed E-state index contributed by atoms with van der Waals surface area (Å²) in [5, 5.41) is 2.72. The number of carbonyl (C=O) groups is 3. The Kier molecular flexibility index (Phi) is 7.84. The average molecular weight is 448 g/mol. The Morgan fingerprint density at radius 3 is 2.59 bits per heavy atom. The first-order valence-electron chi connectivity index (χ1n) is 10.9. The van der Waals surface area contributed by atoms with Gasteiger partial charge in [0.05, 0.1) is 30.7 Å². The number of rotatable bonds is 7. The summed E-state index contributed by atoms with van der Waals surface area (Å²) in [5.41, 5.74) is 0.819. The molecule has 8 nitrogen and oxygen atoms in total. The predicted octanol–water partition coefficient (Wildman–Crippen LogP) is 2.61. The van der Waals surface area contributed by atoms with Gasteiger partial charge >= 0.3 is 18.0 Å². The first-order chi connectivity index (χ1) is 15.4. The Balaban J connectivity index is 1.98. The number of esters is 2. The van der Waals surface area contributed by atoms with Crippen LogP contribution in [0, 0.1) is 11.7 Å². The molecule has 32 heavy (non-hydrogen) atoms. The zero-order valence-corrected chi connectivity index (χ0v) is 18.7. The van der Waals surface area contributed by atoms with Crippen molar-refractivity contribution in [3.63, 3.8) is 0 Å². The molecule has 174 valence electrons. The molecule has 2 unspecified atom stereocenters. The highest BCUT2D eigenvalue weighted by atomic mass is 19.1. The quantitative estimate of drug-likeness (QED) is 0.647. The number of amides is 2. The van der Waals surface area contributed by atoms with Crippen LogP contribution in [0.1, 0.15) is 38.3 Å². The Labute approximate surface area is 187 Å². The lowest BCUT2D eigenvalue weighted by Crippen LogP contribution is -2.50. The minimum atomic E-state index is -0.973. The molecule has 2 amide bonds. The number of hydrogen-bond acceptors (Lipinski definition) is 6. The van der Waals surface area contributed by atoms with E-state index in [-0.39, 0.29) is 36.2 Å². The lowest BCUT2D eigenvalue weighted by molar-refractivity contribution is -0.150. The Morgan fingerprint density at radius 2 is 1.91 bits per heavy atom. The smallest absolute Gasteiger partial charge is 0.338 e. The summed E-state index contributed by atoms with van der Waals surface area (Å²) in [6.45, 7) is 5.34. The van der Waals surface area contributed by atoms with E-state index in [2.05, 4.69) is 5.32 Å². The zero-order chi connectivity index (χ0) is 23.3. The molecule has 1 saturated heterocycles. The SMILES string of the molecule is CCOC(=O)C1=C(CN2CCCC(C(=O)OCC)C2)N(C)C(=O)NC1c1ccccc1F. The van der Waals surface area contributed by atoms with Crippen molar-refractivity contribution in [2.75, 3.05) is 39.9 Å². The third-order valence-corrected chi connectivity index (χ3v) is 5.79. The standard InChI is InChI=1S/C23H30FN3O5/c1-4-31-21(28)15-9-8-12-27(13-15)14-18-19(22(29)32-5-2)20(25-23(30)26(18)3)16-10-6-7-11-17(16)24/h6-7,10-11,15,20H,4-5,8-9,12-14H2,1-3H3,(H,25,30). The van der Waals surface area contributed by atoms with Gasteiger partial charge in [0.25, 0.3) is 0 Å². The summed E-state index contributed by atoms with van der Waals surface area (Å²) < 4.78 is 25.1. The van der Waals surface area contributed by atoms with Gasteiger partial charge in [-0.25, -0.2) is 14.0 Å². The number of ether oxygens (including phenoxy) is 2. The second-order valence-electron chi connectivity index (χ2n) is 7.87. The number of nitrogens with one attached hydrogen (secondary N) is 1. The Bertz CT molecular complexity index is 903. The predicted molar refractivity (Wildman–Crippen MR) is 115 cm³/mol. The summed E-state index contributed by atoms with van der Waals surface area (Å²) in [6.07, 6.45) is 1.52. The molecular formula is C23H30FN3O5. The summed E-state index contributed by atoms with van der Waals surface area (Å²) in [5.74, 6) is -1.64. The third kappa shape index (κ3) is 5.09. The van der Waals surface area contributed by atoms with E-state index in [4.69, 9.17) is 9.47 Å². The van der Waals surface area contributed by atoms with Crippen LogP contribution in [0.25, 0.3) is 0 Å². The van der Waals surface area contributed by atoms with Gasteiger partial charge in [0.2, 0.25) is 0 Å². The van der Waals surface area contributed by atoms with Crippen molar-refractivity contribution in [3.05, 3.63) is 46.9 Å². The number of carbonyl (C=O) groups excluding carboxylic acids is 3. The lowest BCUT2D eigenvalue weighted by atomic mass is 9.93. The zero-order valence-electron chi connectivity index (χ0n) is 18.7. The van der Waals surface area contributed by atoms with Crippen molar-refractivity contribution in [1.29, 1.82) is 0 Å². The summed E-state index contributed by atoms with van der Waals surface area (Å²) in [4.78, 5) is 41.3. The molecule has 0 bridgehead atoms. The van der Waals surface area contributed by atoms with Crippen LogP contribution in [-0.4, -0.2) is 67.7 Å². The van der Waals surface area contributed by atoms with Gasteiger partial charge < -0.3 is 14.8 Å². The fourth-order valence-electron chi connectivity index (χ4n) is 4.20. The van der Waals surface area contributed by atoms with E-state index in [1.165, 1.54) is 11.0 Å². The summed E-state index contributed by atoms with van der Waals surface area (Å²) >= 11 is 0. The molecule has 0 aliphatic carbocycles. The number of piperidine rings is 1. The molecule has 0 radical (unpaired) electrons. The number of halogens is 1. The summed E-state index contributed by atoms with van der Waals surface area (Å²) in [7, 11) is 1.56. The molecule has 0 saturated carbocycles. The monoisotopic (exact) mass is 447 g/mol. The second-order valence-corrected chi connectivity index (χ2v) is 7.87. The highest BCUT2D eigenvalue weighted by Crippen LogP contribution is 2.33. The van der Waals surface area contributed by atoms with Crippen molar-refractivity contribution >= 4 is 18.0 Å². The van der Waals surface area contributed by atoms with Crippen LogP contribution in [-0.2, 0) is 19.1 Å². The van der Waals surface area contributed by atoms with E-state index in [1.54, 1.807) is 39.1 Å². The molecule has 0 aromatic heterocycles. The second kappa shape index (κ2) is 10.6. The Hall–Kier alpha value is -2.94. The number of benzene rings is 1. The largest absolute Gasteiger partial charge is 0.466 e. The van der Waals surface area contributed by atoms with Gasteiger partial charge in [-0.2, -0.15) is 0 Å². The van der Waals surface area contributed by atoms with Crippen LogP contribution in [0.2, 0.25) is 0 Å². The van der Waals surface area contributed by atoms with E-state index >= 15 is 0 Å². The molecule has 1 aromatic carbocycles. The molecular weight excluding hydrogens is 417 g/mol. The molecule has 2 atom stereocenters. The van der Waals surface area contributed by atoms with Gasteiger partial charge in [-0.1, -0.05) is 18.2 Å². The van der Waals surface area contributed by atoms with E-state index in [1.807, 2.05) is 4.90 Å². The van der Waals surface area contributed by atoms with Gasteiger partial charge in [0.15, 0.2) is 0 Å². The fourth-order valence-corrected chi connectivity index (χ4v) is 4.20. The minimum Gasteiger partial charge on any atom is -0.466 e. The first kappa shape index (κ1) is 23.7. The molecule has 0 spiro atoms. The highest BCUT2D eigenvalue weighted by molar-refractivity contribution is 5.95. The average Bonchev–Trinajstić information content (AvgIpc) is 2.77. The van der Waals surface area contributed by atoms with E-state index in [9.17, 15) is 18.8 Å². The van der Waals surface area contributed by atoms with Gasteiger partial charge in [0, 0.05) is 31.4 Å². The van der Waals surface area contributed by atoms with Crippen LogP contribution >= 0.6 is 0 Å². The van der Waals surface area contributed by atoms with E-state index in [0.717, 1.165) is 12.8 Å². The molecule has 2 aliphatic heterocycles. The third-order valence-electron chi connectivity index (χ3n) is 5.79. The number of likely N-dealkylation sites (N-methyl/N-ethyl adjacent to an activating group) is 1. The van der Waals surface area contributed by atoms with Crippen molar-refractivity contribution in [2.24, 2.45) is 5.92 Å². The Morgan fingerprint density at radius 1 is 1.19 bits per heavy atom. The molecule has 1 aromatic rings. The van der Waals surface area contributed by atoms with Crippen molar-refractivity contribution < 1.29 is 28.2 Å². The number of likely N-dealkylation sites (tertiary alicyclic amines) is 1. The maximum atomic E-state index is 14.6. The molecule has 1 fully saturated rings. The van der Waals surface area contributed by atoms with Crippen LogP contribution < -0.4 is 5.32 Å². The topological polar surface area (TPSA) is 88.2 Å². The molecule has 1 N–H and O–H groups in total. The van der Waals surface area contributed by atoms with Gasteiger partial charge in [-0.3, -0.25) is 14.6 Å². The van der Waals surface area contributed by atoms with Gasteiger partial charge in [-0.05, 0) is 39.3 Å². The van der Waals surface area contributed by atoms with Crippen molar-refractivity contribution in [2.45, 2.75) is 32.7 Å². The van der Waals surface area contributed by atoms with Crippen LogP contribution in [0.5, 0.6) is 0 Å². The minimum absolute atomic E-state index is 0.145. The number of nitrogens with zero attached hydrogens (tertiary/aromatic N) is 2. The molecule has 2 aliphatic rings. The van der Waals surface area contributed by atoms with Crippen molar-refractivity contribution in [1.82, 2.24) is 15.1 Å². The van der Waals surface area contributed by atoms with E-state index < -0.39 is 23.9 Å². The normalized spacial score (nSPS) is 21.9. The molecule has 2 heterocycles.